The number of aryl methyl sites for hydroxylation is 1. The predicted octanol–water partition coefficient (Wildman–Crippen LogP) is -0.195. The monoisotopic (exact) mass is 369 g/mol. The summed E-state index contributed by atoms with van der Waals surface area (Å²) in [6.07, 6.45) is 2.03. The van der Waals surface area contributed by atoms with Crippen LogP contribution in [0.5, 0.6) is 0 Å². The zero-order chi connectivity index (χ0) is 18.1. The van der Waals surface area contributed by atoms with E-state index in [-0.39, 0.29) is 0 Å². The molecule has 0 amide bonds. The molecule has 0 radical (unpaired) electrons. The van der Waals surface area contributed by atoms with Crippen LogP contribution in [0, 0.1) is 6.92 Å². The third-order valence-electron chi connectivity index (χ3n) is 2.57. The van der Waals surface area contributed by atoms with E-state index in [9.17, 15) is 8.42 Å². The number of hydrogen-bond donors (Lipinski definition) is 5. The Balaban J connectivity index is 0.000000841. The van der Waals surface area contributed by atoms with Crippen molar-refractivity contribution in [2.75, 3.05) is 31.2 Å². The van der Waals surface area contributed by atoms with Crippen LogP contribution in [-0.4, -0.2) is 51.8 Å². The van der Waals surface area contributed by atoms with Gasteiger partial charge in [-0.25, -0.2) is 13.1 Å². The highest BCUT2D eigenvalue weighted by molar-refractivity contribution is 7.88. The molecule has 0 saturated heterocycles. The fourth-order valence-electron chi connectivity index (χ4n) is 1.69. The summed E-state index contributed by atoms with van der Waals surface area (Å²) in [6, 6.07) is 6.08. The molecule has 1 aromatic rings. The van der Waals surface area contributed by atoms with Crippen LogP contribution in [0.25, 0.3) is 0 Å². The van der Waals surface area contributed by atoms with Gasteiger partial charge in [0, 0.05) is 18.8 Å². The van der Waals surface area contributed by atoms with Gasteiger partial charge in [-0.15, -0.1) is 0 Å². The van der Waals surface area contributed by atoms with Gasteiger partial charge in [-0.3, -0.25) is 9.11 Å². The van der Waals surface area contributed by atoms with E-state index in [1.165, 1.54) is 11.1 Å². The molecule has 0 fully saturated rings. The molecule has 0 bridgehead atoms. The number of rotatable bonds is 7. The van der Waals surface area contributed by atoms with Gasteiger partial charge in [0.1, 0.15) is 0 Å². The van der Waals surface area contributed by atoms with Crippen molar-refractivity contribution in [1.29, 1.82) is 0 Å². The maximum atomic E-state index is 10.9. The summed E-state index contributed by atoms with van der Waals surface area (Å²) < 4.78 is 55.7. The first-order valence-corrected chi connectivity index (χ1v) is 9.89. The van der Waals surface area contributed by atoms with E-state index in [0.29, 0.717) is 19.6 Å². The molecule has 0 saturated carbocycles. The van der Waals surface area contributed by atoms with Crippen LogP contribution >= 0.6 is 0 Å². The summed E-state index contributed by atoms with van der Waals surface area (Å²) >= 11 is 0. The lowest BCUT2D eigenvalue weighted by Crippen LogP contribution is -2.27. The average molecular weight is 369 g/mol. The van der Waals surface area contributed by atoms with Gasteiger partial charge in [0.15, 0.2) is 0 Å². The normalized spacial score (nSPS) is 11.5. The quantitative estimate of drug-likeness (QED) is 0.326. The largest absolute Gasteiger partial charge is 0.394 e. The number of anilines is 1. The van der Waals surface area contributed by atoms with E-state index in [0.717, 1.165) is 18.4 Å². The first-order valence-electron chi connectivity index (χ1n) is 6.60. The Labute approximate surface area is 136 Å². The van der Waals surface area contributed by atoms with Crippen molar-refractivity contribution in [3.8, 4) is 0 Å². The summed E-state index contributed by atoms with van der Waals surface area (Å²) in [5.41, 5.74) is 8.96. The number of benzene rings is 1. The Morgan fingerprint density at radius 3 is 2.13 bits per heavy atom. The van der Waals surface area contributed by atoms with E-state index in [1.807, 2.05) is 19.1 Å². The van der Waals surface area contributed by atoms with Crippen molar-refractivity contribution in [2.45, 2.75) is 13.3 Å². The first-order chi connectivity index (χ1) is 10.4. The minimum Gasteiger partial charge on any atom is -0.384 e. The Hall–Kier alpha value is -1.24. The Kier molecular flexibility index (Phi) is 9.27. The molecule has 0 unspecified atom stereocenters. The highest BCUT2D eigenvalue weighted by Crippen LogP contribution is 2.15. The van der Waals surface area contributed by atoms with Gasteiger partial charge in [-0.05, 0) is 43.1 Å². The van der Waals surface area contributed by atoms with E-state index in [4.69, 9.17) is 23.3 Å². The molecular weight excluding hydrogens is 346 g/mol. The second-order valence-electron chi connectivity index (χ2n) is 4.72. The van der Waals surface area contributed by atoms with Crippen LogP contribution in [0.3, 0.4) is 0 Å². The van der Waals surface area contributed by atoms with Gasteiger partial charge in [-0.1, -0.05) is 6.07 Å². The molecule has 0 aliphatic heterocycles. The van der Waals surface area contributed by atoms with Gasteiger partial charge in [0.05, 0.1) is 6.26 Å². The van der Waals surface area contributed by atoms with Crippen molar-refractivity contribution < 1.29 is 25.9 Å². The van der Waals surface area contributed by atoms with Crippen LogP contribution in [0.2, 0.25) is 0 Å². The first kappa shape index (κ1) is 21.8. The Bertz CT molecular complexity index is 681. The summed E-state index contributed by atoms with van der Waals surface area (Å²) in [5, 5.41) is 3.17. The van der Waals surface area contributed by atoms with Crippen molar-refractivity contribution in [3.05, 3.63) is 29.3 Å². The Morgan fingerprint density at radius 1 is 1.13 bits per heavy atom. The SMILES string of the molecule is Cc1cc(NCCNS(C)(=O)=O)ccc1CCN.O=S(=O)(O)O. The molecule has 0 spiro atoms. The van der Waals surface area contributed by atoms with Crippen molar-refractivity contribution in [2.24, 2.45) is 5.73 Å². The average Bonchev–Trinajstić information content (AvgIpc) is 2.35. The molecule has 0 aliphatic carbocycles. The number of nitrogens with one attached hydrogen (secondary N) is 2. The Morgan fingerprint density at radius 2 is 1.70 bits per heavy atom. The molecule has 11 heteroatoms. The van der Waals surface area contributed by atoms with Gasteiger partial charge in [0.2, 0.25) is 10.0 Å². The highest BCUT2D eigenvalue weighted by atomic mass is 32.3. The minimum atomic E-state index is -4.67. The molecule has 0 aliphatic rings. The van der Waals surface area contributed by atoms with Crippen molar-refractivity contribution in [1.82, 2.24) is 4.72 Å². The van der Waals surface area contributed by atoms with Crippen LogP contribution in [0.4, 0.5) is 5.69 Å². The van der Waals surface area contributed by atoms with E-state index in [2.05, 4.69) is 16.1 Å². The van der Waals surface area contributed by atoms with E-state index in [1.54, 1.807) is 0 Å². The van der Waals surface area contributed by atoms with Crippen LogP contribution in [0.1, 0.15) is 11.1 Å². The molecule has 0 heterocycles. The predicted molar refractivity (Wildman–Crippen MR) is 89.5 cm³/mol. The van der Waals surface area contributed by atoms with Crippen LogP contribution < -0.4 is 15.8 Å². The zero-order valence-electron chi connectivity index (χ0n) is 13.0. The van der Waals surface area contributed by atoms with Gasteiger partial charge in [0.25, 0.3) is 0 Å². The van der Waals surface area contributed by atoms with Gasteiger partial charge >= 0.3 is 10.4 Å². The fourth-order valence-corrected chi connectivity index (χ4v) is 2.16. The lowest BCUT2D eigenvalue weighted by Gasteiger charge is -2.10. The summed E-state index contributed by atoms with van der Waals surface area (Å²) in [6.45, 7) is 3.63. The van der Waals surface area contributed by atoms with Crippen molar-refractivity contribution >= 4 is 26.1 Å². The van der Waals surface area contributed by atoms with Crippen LogP contribution in [0.15, 0.2) is 18.2 Å². The topological polar surface area (TPSA) is 159 Å². The molecule has 1 rings (SSSR count). The smallest absolute Gasteiger partial charge is 0.384 e. The zero-order valence-corrected chi connectivity index (χ0v) is 14.6. The van der Waals surface area contributed by atoms with Gasteiger partial charge < -0.3 is 11.1 Å². The molecule has 6 N–H and O–H groups in total. The number of sulfonamides is 1. The standard InChI is InChI=1S/C12H21N3O2S.H2O4S/c1-10-9-12(4-3-11(10)5-6-13)14-7-8-15-18(2,16)17;1-5(2,3)4/h3-4,9,14-15H,5-8,13H2,1-2H3;(H2,1,2,3,4). The highest BCUT2D eigenvalue weighted by Gasteiger charge is 2.01. The van der Waals surface area contributed by atoms with Gasteiger partial charge in [-0.2, -0.15) is 8.42 Å². The lowest BCUT2D eigenvalue weighted by molar-refractivity contribution is 0.381. The minimum absolute atomic E-state index is 0.377. The molecule has 0 atom stereocenters. The maximum Gasteiger partial charge on any atom is 0.394 e. The third-order valence-corrected chi connectivity index (χ3v) is 3.30. The maximum absolute atomic E-state index is 10.9. The number of hydrogen-bond acceptors (Lipinski definition) is 6. The molecule has 134 valence electrons. The summed E-state index contributed by atoms with van der Waals surface area (Å²) in [7, 11) is -7.77. The summed E-state index contributed by atoms with van der Waals surface area (Å²) in [5.74, 6) is 0. The lowest BCUT2D eigenvalue weighted by atomic mass is 10.1. The van der Waals surface area contributed by atoms with Crippen LogP contribution in [-0.2, 0) is 26.8 Å². The van der Waals surface area contributed by atoms with E-state index >= 15 is 0 Å². The second-order valence-corrected chi connectivity index (χ2v) is 7.45. The van der Waals surface area contributed by atoms with E-state index < -0.39 is 20.4 Å². The molecule has 0 aromatic heterocycles. The fraction of sp³-hybridized carbons (Fsp3) is 0.500. The second kappa shape index (κ2) is 9.80. The summed E-state index contributed by atoms with van der Waals surface area (Å²) in [4.78, 5) is 0. The van der Waals surface area contributed by atoms with Crippen molar-refractivity contribution in [3.63, 3.8) is 0 Å². The molecule has 23 heavy (non-hydrogen) atoms. The molecular formula is C12H23N3O6S2. The molecule has 1 aromatic carbocycles. The third kappa shape index (κ3) is 14.1. The number of nitrogens with two attached hydrogens (primary N) is 1. The molecule has 9 nitrogen and oxygen atoms in total.